The zero-order chi connectivity index (χ0) is 17.5. The zero-order valence-electron chi connectivity index (χ0n) is 13.1. The van der Waals surface area contributed by atoms with Crippen molar-refractivity contribution < 1.29 is 49.4 Å². The van der Waals surface area contributed by atoms with Crippen LogP contribution in [-0.2, 0) is 4.79 Å². The van der Waals surface area contributed by atoms with Gasteiger partial charge in [0.1, 0.15) is 0 Å². The molecule has 0 unspecified atom stereocenters. The molecule has 0 saturated heterocycles. The summed E-state index contributed by atoms with van der Waals surface area (Å²) in [5.74, 6) is -0.956. The minimum absolute atomic E-state index is 0. The number of aromatic carboxylic acids is 1. The van der Waals surface area contributed by atoms with Gasteiger partial charge in [-0.15, -0.1) is 15.3 Å². The molecule has 0 radical (unpaired) electrons. The molecule has 0 fully saturated rings. The summed E-state index contributed by atoms with van der Waals surface area (Å²) in [5, 5.41) is 29.3. The number of aryl methyl sites for hydroxylation is 2. The number of carboxylic acids is 1. The maximum absolute atomic E-state index is 10.2. The van der Waals surface area contributed by atoms with Crippen LogP contribution in [0.1, 0.15) is 21.1 Å². The van der Waals surface area contributed by atoms with Gasteiger partial charge >= 0.3 is 35.5 Å². The first-order valence-electron chi connectivity index (χ1n) is 5.76. The molecule has 3 aromatic heterocycles. The average Bonchev–Trinajstić information content (AvgIpc) is 3.22. The topological polar surface area (TPSA) is 126 Å². The van der Waals surface area contributed by atoms with E-state index in [-0.39, 0.29) is 40.9 Å². The van der Waals surface area contributed by atoms with E-state index in [0.29, 0.717) is 5.69 Å². The molecule has 0 spiro atoms. The van der Waals surface area contributed by atoms with E-state index in [1.807, 2.05) is 29.8 Å². The molecule has 3 rings (SSSR count). The summed E-state index contributed by atoms with van der Waals surface area (Å²) < 4.78 is 7.01. The van der Waals surface area contributed by atoms with Crippen molar-refractivity contribution in [2.45, 2.75) is 13.8 Å². The maximum Gasteiger partial charge on any atom is 1.00 e. The normalized spacial score (nSPS) is 7.92. The third kappa shape index (κ3) is 13.2. The number of hydrogen-bond donors (Lipinski definition) is 2. The fraction of sp³-hybridized carbons (Fsp3) is 0.167. The predicted molar refractivity (Wildman–Crippen MR) is 88.1 cm³/mol. The van der Waals surface area contributed by atoms with Crippen LogP contribution in [0, 0.1) is 19.2 Å². The Kier molecular flexibility index (Phi) is 17.3. The number of aromatic nitrogens is 4. The molecule has 0 aliphatic carbocycles. The largest absolute Gasteiger partial charge is 1.00 e. The van der Waals surface area contributed by atoms with Gasteiger partial charge in [0.05, 0.1) is 5.69 Å². The minimum Gasteiger partial charge on any atom is -0.483 e. The summed E-state index contributed by atoms with van der Waals surface area (Å²) in [7, 11) is 0. The predicted octanol–water partition coefficient (Wildman–Crippen LogP) is -0.356. The minimum atomic E-state index is -0.956. The Morgan fingerprint density at radius 2 is 1.79 bits per heavy atom. The molecule has 0 atom stereocenters. The smallest absolute Gasteiger partial charge is 0.483 e. The van der Waals surface area contributed by atoms with Gasteiger partial charge in [0.25, 0.3) is 6.47 Å². The maximum atomic E-state index is 10.2. The molecule has 3 heterocycles. The van der Waals surface area contributed by atoms with Crippen LogP contribution in [0.25, 0.3) is 0 Å². The van der Waals surface area contributed by atoms with Crippen molar-refractivity contribution in [1.82, 2.24) is 19.2 Å². The molecule has 8 nitrogen and oxygen atoms in total. The fourth-order valence-corrected chi connectivity index (χ4v) is 2.17. The third-order valence-corrected chi connectivity index (χ3v) is 3.69. The molecule has 0 aromatic carbocycles. The van der Waals surface area contributed by atoms with E-state index in [0.717, 1.165) is 17.2 Å². The molecule has 12 heteroatoms. The fourth-order valence-electron chi connectivity index (χ4n) is 0.843. The van der Waals surface area contributed by atoms with E-state index in [4.69, 9.17) is 15.0 Å². The zero-order valence-corrected chi connectivity index (χ0v) is 17.6. The van der Waals surface area contributed by atoms with Gasteiger partial charge in [-0.25, -0.2) is 16.3 Å². The Balaban J connectivity index is 0. The van der Waals surface area contributed by atoms with Crippen LogP contribution in [-0.4, -0.2) is 41.8 Å². The monoisotopic (exact) mass is 396 g/mol. The number of nitrogens with zero attached hydrogens (tertiary/aromatic N) is 4. The quantitative estimate of drug-likeness (QED) is 0.325. The van der Waals surface area contributed by atoms with Gasteiger partial charge in [-0.05, 0) is 29.2 Å². The van der Waals surface area contributed by atoms with Gasteiger partial charge in [-0.1, -0.05) is 23.5 Å². The second-order valence-electron chi connectivity index (χ2n) is 3.35. The van der Waals surface area contributed by atoms with Crippen LogP contribution in [0.3, 0.4) is 0 Å². The number of hydrogen-bond acceptors (Lipinski definition) is 9. The van der Waals surface area contributed by atoms with Gasteiger partial charge in [-0.2, -0.15) is 16.4 Å². The van der Waals surface area contributed by atoms with Crippen LogP contribution >= 0.6 is 34.4 Å². The summed E-state index contributed by atoms with van der Waals surface area (Å²) in [6.07, 6.45) is 0. The Hall–Kier alpha value is -1.24. The molecule has 0 aliphatic heterocycles. The first kappa shape index (κ1) is 25.0. The molecular formula is C12H13N4NaO4S3. The van der Waals surface area contributed by atoms with Gasteiger partial charge in [0, 0.05) is 0 Å². The van der Waals surface area contributed by atoms with Crippen molar-refractivity contribution in [2.24, 2.45) is 0 Å². The molecule has 0 saturated carbocycles. The Morgan fingerprint density at radius 3 is 1.96 bits per heavy atom. The van der Waals surface area contributed by atoms with E-state index in [9.17, 15) is 4.79 Å². The molecule has 2 N–H and O–H groups in total. The van der Waals surface area contributed by atoms with Crippen molar-refractivity contribution in [1.29, 1.82) is 0 Å². The van der Waals surface area contributed by atoms with E-state index in [1.54, 1.807) is 18.3 Å². The molecule has 124 valence electrons. The van der Waals surface area contributed by atoms with E-state index in [1.165, 1.54) is 11.5 Å². The number of carboxylic acid groups (broad SMARTS) is 2. The van der Waals surface area contributed by atoms with E-state index in [2.05, 4.69) is 24.6 Å². The van der Waals surface area contributed by atoms with Crippen LogP contribution in [0.4, 0.5) is 0 Å². The van der Waals surface area contributed by atoms with E-state index >= 15 is 0 Å². The SMILES string of the molecule is Cc1[c-]snn1.Cc1nnsc1C(=O)O.O=CO.[Na+].c1ccsc1. The first-order valence-corrected chi connectivity index (χ1v) is 8.25. The van der Waals surface area contributed by atoms with Crippen LogP contribution in [0.15, 0.2) is 22.9 Å². The summed E-state index contributed by atoms with van der Waals surface area (Å²) in [6, 6.07) is 4.04. The summed E-state index contributed by atoms with van der Waals surface area (Å²) in [6.45, 7) is 3.23. The number of rotatable bonds is 1. The molecule has 0 amide bonds. The van der Waals surface area contributed by atoms with Crippen molar-refractivity contribution in [3.05, 3.63) is 44.5 Å². The molecule has 24 heavy (non-hydrogen) atoms. The van der Waals surface area contributed by atoms with Gasteiger partial charge in [0.2, 0.25) is 0 Å². The Labute approximate surface area is 172 Å². The average molecular weight is 396 g/mol. The van der Waals surface area contributed by atoms with Crippen LogP contribution in [0.2, 0.25) is 0 Å². The molecule has 0 bridgehead atoms. The van der Waals surface area contributed by atoms with Crippen LogP contribution in [0.5, 0.6) is 0 Å². The van der Waals surface area contributed by atoms with Crippen molar-refractivity contribution in [3.8, 4) is 0 Å². The van der Waals surface area contributed by atoms with Gasteiger partial charge in [0.15, 0.2) is 4.88 Å². The third-order valence-electron chi connectivity index (χ3n) is 1.70. The molecular weight excluding hydrogens is 383 g/mol. The van der Waals surface area contributed by atoms with Gasteiger partial charge in [-0.3, -0.25) is 4.79 Å². The van der Waals surface area contributed by atoms with Crippen LogP contribution < -0.4 is 29.6 Å². The number of thiophene rings is 1. The summed E-state index contributed by atoms with van der Waals surface area (Å²) in [5.41, 5.74) is 1.35. The van der Waals surface area contributed by atoms with Crippen molar-refractivity contribution in [2.75, 3.05) is 0 Å². The van der Waals surface area contributed by atoms with Crippen molar-refractivity contribution in [3.63, 3.8) is 0 Å². The Bertz CT molecular complexity index is 630. The summed E-state index contributed by atoms with van der Waals surface area (Å²) in [4.78, 5) is 18.8. The second-order valence-corrected chi connectivity index (χ2v) is 5.47. The second kappa shape index (κ2) is 16.6. The van der Waals surface area contributed by atoms with Crippen molar-refractivity contribution >= 4 is 46.8 Å². The summed E-state index contributed by atoms with van der Waals surface area (Å²) >= 11 is 3.86. The first-order chi connectivity index (χ1) is 11.0. The van der Waals surface area contributed by atoms with Gasteiger partial charge < -0.3 is 15.6 Å². The standard InChI is InChI=1S/C4H4N2O2S.C4H4S.C3H3N2S.CH2O2.Na/c1-2-3(4(7)8)9-6-5-2;1-2-4-5-3-1;1-3-2-6-5-4-3;2-1-3;/h1H3,(H,7,8);1-4H;1H3;1H,(H,2,3);/q;;-1;;+1. The molecule has 3 aromatic rings. The van der Waals surface area contributed by atoms with E-state index < -0.39 is 5.97 Å². The molecule has 0 aliphatic rings. The number of carbonyl (C=O) groups is 2. The Morgan fingerprint density at radius 1 is 1.21 bits per heavy atom.